The predicted molar refractivity (Wildman–Crippen MR) is 64.8 cm³/mol. The lowest BCUT2D eigenvalue weighted by Gasteiger charge is -2.23. The van der Waals surface area contributed by atoms with Crippen molar-refractivity contribution in [3.8, 4) is 5.75 Å². The molecule has 1 aromatic rings. The molecule has 1 aromatic heterocycles. The zero-order valence-electron chi connectivity index (χ0n) is 10.1. The van der Waals surface area contributed by atoms with Crippen molar-refractivity contribution in [2.24, 2.45) is 0 Å². The Bertz CT molecular complexity index is 326. The number of piperidine rings is 1. The zero-order chi connectivity index (χ0) is 11.4. The van der Waals surface area contributed by atoms with Crippen LogP contribution < -0.4 is 10.1 Å². The van der Waals surface area contributed by atoms with Gasteiger partial charge in [-0.25, -0.2) is 0 Å². The summed E-state index contributed by atoms with van der Waals surface area (Å²) in [5.41, 5.74) is 2.04. The molecule has 1 saturated heterocycles. The van der Waals surface area contributed by atoms with Gasteiger partial charge in [0.25, 0.3) is 0 Å². The molecule has 2 heterocycles. The summed E-state index contributed by atoms with van der Waals surface area (Å²) in [5.74, 6) is 0.942. The number of aryl methyl sites for hydroxylation is 2. The summed E-state index contributed by atoms with van der Waals surface area (Å²) in [5, 5.41) is 3.48. The molecule has 16 heavy (non-hydrogen) atoms. The van der Waals surface area contributed by atoms with Crippen molar-refractivity contribution < 1.29 is 4.74 Å². The smallest absolute Gasteiger partial charge is 0.122 e. The SMILES string of the molecule is Cc1cc(OCC2CCCCN2)cc(C)n1. The number of pyridine rings is 1. The minimum Gasteiger partial charge on any atom is -0.492 e. The third-order valence-electron chi connectivity index (χ3n) is 2.92. The molecule has 0 amide bonds. The molecule has 0 saturated carbocycles. The highest BCUT2D eigenvalue weighted by molar-refractivity contribution is 5.26. The van der Waals surface area contributed by atoms with Crippen LogP contribution in [0, 0.1) is 13.8 Å². The molecule has 0 aromatic carbocycles. The van der Waals surface area contributed by atoms with Crippen molar-refractivity contribution >= 4 is 0 Å². The molecule has 2 rings (SSSR count). The van der Waals surface area contributed by atoms with E-state index in [9.17, 15) is 0 Å². The molecule has 88 valence electrons. The van der Waals surface area contributed by atoms with E-state index in [1.54, 1.807) is 0 Å². The molecule has 3 nitrogen and oxygen atoms in total. The summed E-state index contributed by atoms with van der Waals surface area (Å²) >= 11 is 0. The highest BCUT2D eigenvalue weighted by atomic mass is 16.5. The Kier molecular flexibility index (Phi) is 3.78. The monoisotopic (exact) mass is 220 g/mol. The fraction of sp³-hybridized carbons (Fsp3) is 0.615. The van der Waals surface area contributed by atoms with Crippen LogP contribution in [0.1, 0.15) is 30.7 Å². The molecule has 0 radical (unpaired) electrons. The first kappa shape index (κ1) is 11.4. The van der Waals surface area contributed by atoms with E-state index in [-0.39, 0.29) is 0 Å². The van der Waals surface area contributed by atoms with E-state index in [1.807, 2.05) is 26.0 Å². The molecule has 1 unspecified atom stereocenters. The summed E-state index contributed by atoms with van der Waals surface area (Å²) in [6, 6.07) is 4.51. The van der Waals surface area contributed by atoms with Crippen molar-refractivity contribution in [3.63, 3.8) is 0 Å². The second kappa shape index (κ2) is 5.30. The van der Waals surface area contributed by atoms with E-state index < -0.39 is 0 Å². The van der Waals surface area contributed by atoms with E-state index >= 15 is 0 Å². The lowest BCUT2D eigenvalue weighted by atomic mass is 10.1. The van der Waals surface area contributed by atoms with Gasteiger partial charge in [-0.05, 0) is 33.2 Å². The zero-order valence-corrected chi connectivity index (χ0v) is 10.1. The van der Waals surface area contributed by atoms with Crippen LogP contribution in [0.5, 0.6) is 5.75 Å². The summed E-state index contributed by atoms with van der Waals surface area (Å²) in [6.45, 7) is 5.89. The lowest BCUT2D eigenvalue weighted by Crippen LogP contribution is -2.38. The Morgan fingerprint density at radius 2 is 2.06 bits per heavy atom. The highest BCUT2D eigenvalue weighted by Gasteiger charge is 2.12. The number of hydrogen-bond donors (Lipinski definition) is 1. The van der Waals surface area contributed by atoms with Crippen molar-refractivity contribution in [2.75, 3.05) is 13.2 Å². The third kappa shape index (κ3) is 3.20. The predicted octanol–water partition coefficient (Wildman–Crippen LogP) is 2.22. The van der Waals surface area contributed by atoms with Gasteiger partial charge in [0.1, 0.15) is 12.4 Å². The molecular formula is C13H20N2O. The number of hydrogen-bond acceptors (Lipinski definition) is 3. The van der Waals surface area contributed by atoms with E-state index in [2.05, 4.69) is 10.3 Å². The van der Waals surface area contributed by atoms with Crippen molar-refractivity contribution in [2.45, 2.75) is 39.2 Å². The Morgan fingerprint density at radius 1 is 1.31 bits per heavy atom. The Balaban J connectivity index is 1.88. The van der Waals surface area contributed by atoms with Gasteiger partial charge in [-0.15, -0.1) is 0 Å². The van der Waals surface area contributed by atoms with Crippen LogP contribution in [-0.4, -0.2) is 24.2 Å². The van der Waals surface area contributed by atoms with Gasteiger partial charge in [-0.3, -0.25) is 4.98 Å². The van der Waals surface area contributed by atoms with Gasteiger partial charge < -0.3 is 10.1 Å². The summed E-state index contributed by atoms with van der Waals surface area (Å²) in [7, 11) is 0. The maximum atomic E-state index is 5.80. The first-order valence-electron chi connectivity index (χ1n) is 6.05. The number of nitrogens with zero attached hydrogens (tertiary/aromatic N) is 1. The minimum atomic E-state index is 0.516. The quantitative estimate of drug-likeness (QED) is 0.848. The third-order valence-corrected chi connectivity index (χ3v) is 2.92. The second-order valence-electron chi connectivity index (χ2n) is 4.54. The van der Waals surface area contributed by atoms with Crippen molar-refractivity contribution in [1.82, 2.24) is 10.3 Å². The normalized spacial score (nSPS) is 20.8. The average Bonchev–Trinajstić information content (AvgIpc) is 2.27. The molecular weight excluding hydrogens is 200 g/mol. The summed E-state index contributed by atoms with van der Waals surface area (Å²) in [6.07, 6.45) is 3.84. The molecule has 0 bridgehead atoms. The van der Waals surface area contributed by atoms with E-state index in [0.717, 1.165) is 30.3 Å². The van der Waals surface area contributed by atoms with Gasteiger partial charge in [0.05, 0.1) is 0 Å². The molecule has 0 aliphatic carbocycles. The number of nitrogens with one attached hydrogen (secondary N) is 1. The molecule has 1 N–H and O–H groups in total. The summed E-state index contributed by atoms with van der Waals surface area (Å²) in [4.78, 5) is 4.33. The first-order valence-corrected chi connectivity index (χ1v) is 6.05. The van der Waals surface area contributed by atoms with Gasteiger partial charge in [0.15, 0.2) is 0 Å². The van der Waals surface area contributed by atoms with Crippen molar-refractivity contribution in [1.29, 1.82) is 0 Å². The van der Waals surface area contributed by atoms with E-state index in [4.69, 9.17) is 4.74 Å². The number of ether oxygens (including phenoxy) is 1. The molecule has 1 aliphatic rings. The second-order valence-corrected chi connectivity index (χ2v) is 4.54. The van der Waals surface area contributed by atoms with Gasteiger partial charge in [-0.1, -0.05) is 6.42 Å². The maximum absolute atomic E-state index is 5.80. The fourth-order valence-electron chi connectivity index (χ4n) is 2.14. The van der Waals surface area contributed by atoms with Crippen LogP contribution in [-0.2, 0) is 0 Å². The largest absolute Gasteiger partial charge is 0.492 e. The van der Waals surface area contributed by atoms with E-state index in [0.29, 0.717) is 6.04 Å². The van der Waals surface area contributed by atoms with Gasteiger partial charge in [-0.2, -0.15) is 0 Å². The van der Waals surface area contributed by atoms with E-state index in [1.165, 1.54) is 19.3 Å². The van der Waals surface area contributed by atoms with Gasteiger partial charge in [0, 0.05) is 29.6 Å². The molecule has 3 heteroatoms. The Hall–Kier alpha value is -1.09. The summed E-state index contributed by atoms with van der Waals surface area (Å²) < 4.78 is 5.80. The van der Waals surface area contributed by atoms with Gasteiger partial charge >= 0.3 is 0 Å². The van der Waals surface area contributed by atoms with Crippen LogP contribution in [0.3, 0.4) is 0 Å². The van der Waals surface area contributed by atoms with Crippen LogP contribution in [0.25, 0.3) is 0 Å². The molecule has 1 atom stereocenters. The Morgan fingerprint density at radius 3 is 2.69 bits per heavy atom. The van der Waals surface area contributed by atoms with Crippen LogP contribution in [0.15, 0.2) is 12.1 Å². The fourth-order valence-corrected chi connectivity index (χ4v) is 2.14. The number of rotatable bonds is 3. The molecule has 0 spiro atoms. The van der Waals surface area contributed by atoms with Crippen molar-refractivity contribution in [3.05, 3.63) is 23.5 Å². The average molecular weight is 220 g/mol. The maximum Gasteiger partial charge on any atom is 0.122 e. The van der Waals surface area contributed by atoms with Gasteiger partial charge in [0.2, 0.25) is 0 Å². The van der Waals surface area contributed by atoms with Crippen LogP contribution in [0.4, 0.5) is 0 Å². The topological polar surface area (TPSA) is 34.1 Å². The Labute approximate surface area is 97.2 Å². The standard InChI is InChI=1S/C13H20N2O/c1-10-7-13(8-11(2)15-10)16-9-12-5-3-4-6-14-12/h7-8,12,14H,3-6,9H2,1-2H3. The van der Waals surface area contributed by atoms with Crippen LogP contribution in [0.2, 0.25) is 0 Å². The lowest BCUT2D eigenvalue weighted by molar-refractivity contribution is 0.238. The number of aromatic nitrogens is 1. The minimum absolute atomic E-state index is 0.516. The van der Waals surface area contributed by atoms with Crippen LogP contribution >= 0.6 is 0 Å². The highest BCUT2D eigenvalue weighted by Crippen LogP contribution is 2.15. The molecule has 1 fully saturated rings. The molecule has 1 aliphatic heterocycles. The first-order chi connectivity index (χ1) is 7.74.